The summed E-state index contributed by atoms with van der Waals surface area (Å²) in [7, 11) is -4.02. The van der Waals surface area contributed by atoms with Gasteiger partial charge < -0.3 is 4.57 Å². The summed E-state index contributed by atoms with van der Waals surface area (Å²) >= 11 is 0. The number of sulfonamides is 1. The number of benzene rings is 3. The van der Waals surface area contributed by atoms with E-state index in [0.29, 0.717) is 16.9 Å². The van der Waals surface area contributed by atoms with Gasteiger partial charge in [-0.1, -0.05) is 36.4 Å². The van der Waals surface area contributed by atoms with Gasteiger partial charge in [0.1, 0.15) is 12.4 Å². The molecule has 0 aliphatic carbocycles. The van der Waals surface area contributed by atoms with Gasteiger partial charge in [0.25, 0.3) is 15.9 Å². The van der Waals surface area contributed by atoms with Gasteiger partial charge >= 0.3 is 0 Å². The van der Waals surface area contributed by atoms with Crippen molar-refractivity contribution in [1.29, 1.82) is 0 Å². The summed E-state index contributed by atoms with van der Waals surface area (Å²) in [5.41, 5.74) is 7.22. The third-order valence-electron chi connectivity index (χ3n) is 6.07. The van der Waals surface area contributed by atoms with Crippen molar-refractivity contribution in [3.05, 3.63) is 113 Å². The van der Waals surface area contributed by atoms with Crippen LogP contribution in [0.1, 0.15) is 28.1 Å². The van der Waals surface area contributed by atoms with Crippen molar-refractivity contribution in [2.75, 3.05) is 10.8 Å². The van der Waals surface area contributed by atoms with Crippen molar-refractivity contribution in [3.63, 3.8) is 0 Å². The van der Waals surface area contributed by atoms with Gasteiger partial charge in [-0.25, -0.2) is 18.2 Å². The fourth-order valence-corrected chi connectivity index (χ4v) is 5.82. The standard InChI is InChI=1S/C29H29FN4O3S/c1-20-14-21(2)16-25(15-20)33(38(36,37)26-10-6-5-7-11-26)19-29(35)32-31-18-24-17-22(3)34(23(24)4)28-13-9-8-12-27(28)30/h5-18H,19H2,1-4H3,(H,32,35)/b31-18-. The number of hydrogen-bond donors (Lipinski definition) is 1. The number of hydrogen-bond acceptors (Lipinski definition) is 4. The largest absolute Gasteiger partial charge is 0.315 e. The Morgan fingerprint density at radius 1 is 0.947 bits per heavy atom. The normalized spacial score (nSPS) is 11.6. The van der Waals surface area contributed by atoms with Crippen LogP contribution in [0.2, 0.25) is 0 Å². The molecule has 0 unspecified atom stereocenters. The summed E-state index contributed by atoms with van der Waals surface area (Å²) in [4.78, 5) is 13.0. The van der Waals surface area contributed by atoms with E-state index in [-0.39, 0.29) is 10.7 Å². The molecule has 0 spiro atoms. The van der Waals surface area contributed by atoms with Crippen molar-refractivity contribution in [3.8, 4) is 5.69 Å². The average Bonchev–Trinajstić information content (AvgIpc) is 3.15. The maximum atomic E-state index is 14.4. The Kier molecular flexibility index (Phi) is 7.78. The molecule has 4 aromatic rings. The van der Waals surface area contributed by atoms with E-state index in [1.807, 2.05) is 39.8 Å². The molecule has 1 amide bonds. The smallest absolute Gasteiger partial charge is 0.264 e. The predicted octanol–water partition coefficient (Wildman–Crippen LogP) is 5.20. The van der Waals surface area contributed by atoms with E-state index in [0.717, 1.165) is 26.8 Å². The van der Waals surface area contributed by atoms with Crippen molar-refractivity contribution >= 4 is 27.8 Å². The van der Waals surface area contributed by atoms with Gasteiger partial charge in [0.05, 0.1) is 22.5 Å². The number of carbonyl (C=O) groups is 1. The third-order valence-corrected chi connectivity index (χ3v) is 7.86. The van der Waals surface area contributed by atoms with Gasteiger partial charge in [-0.2, -0.15) is 5.10 Å². The minimum absolute atomic E-state index is 0.0797. The van der Waals surface area contributed by atoms with Gasteiger partial charge in [-0.3, -0.25) is 9.10 Å². The highest BCUT2D eigenvalue weighted by atomic mass is 32.2. The molecule has 0 atom stereocenters. The third kappa shape index (κ3) is 5.68. The molecule has 9 heteroatoms. The van der Waals surface area contributed by atoms with Crippen LogP contribution in [0.5, 0.6) is 0 Å². The molecule has 1 N–H and O–H groups in total. The number of aryl methyl sites for hydroxylation is 3. The molecule has 38 heavy (non-hydrogen) atoms. The lowest BCUT2D eigenvalue weighted by atomic mass is 10.1. The van der Waals surface area contributed by atoms with Crippen molar-refractivity contribution in [2.45, 2.75) is 32.6 Å². The van der Waals surface area contributed by atoms with Crippen molar-refractivity contribution < 1.29 is 17.6 Å². The van der Waals surface area contributed by atoms with Crippen molar-refractivity contribution in [2.24, 2.45) is 5.10 Å². The number of para-hydroxylation sites is 1. The predicted molar refractivity (Wildman–Crippen MR) is 148 cm³/mol. The number of nitrogens with zero attached hydrogens (tertiary/aromatic N) is 3. The lowest BCUT2D eigenvalue weighted by Gasteiger charge is -2.24. The topological polar surface area (TPSA) is 83.8 Å². The SMILES string of the molecule is Cc1cc(C)cc(N(CC(=O)N/N=C\c2cc(C)n(-c3ccccc3F)c2C)S(=O)(=O)c2ccccc2)c1. The fraction of sp³-hybridized carbons (Fsp3) is 0.172. The summed E-state index contributed by atoms with van der Waals surface area (Å²) in [6.45, 7) is 6.95. The Bertz CT molecular complexity index is 1590. The van der Waals surface area contributed by atoms with Gasteiger partial charge in [-0.05, 0) is 81.3 Å². The molecule has 196 valence electrons. The highest BCUT2D eigenvalue weighted by Crippen LogP contribution is 2.26. The molecular formula is C29H29FN4O3S. The van der Waals surface area contributed by atoms with E-state index >= 15 is 0 Å². The zero-order valence-electron chi connectivity index (χ0n) is 21.6. The second-order valence-electron chi connectivity index (χ2n) is 9.08. The molecule has 4 rings (SSSR count). The number of amides is 1. The number of halogens is 1. The first kappa shape index (κ1) is 26.8. The maximum Gasteiger partial charge on any atom is 0.264 e. The molecule has 3 aromatic carbocycles. The summed E-state index contributed by atoms with van der Waals surface area (Å²) in [5, 5.41) is 4.06. The highest BCUT2D eigenvalue weighted by Gasteiger charge is 2.27. The zero-order chi connectivity index (χ0) is 27.4. The summed E-state index contributed by atoms with van der Waals surface area (Å²) in [5.74, 6) is -0.958. The molecular weight excluding hydrogens is 503 g/mol. The number of anilines is 1. The number of nitrogens with one attached hydrogen (secondary N) is 1. The van der Waals surface area contributed by atoms with Crippen LogP contribution in [-0.2, 0) is 14.8 Å². The molecule has 0 aliphatic rings. The monoisotopic (exact) mass is 532 g/mol. The summed E-state index contributed by atoms with van der Waals surface area (Å²) in [6.07, 6.45) is 1.46. The molecule has 0 saturated carbocycles. The quantitative estimate of drug-likeness (QED) is 0.250. The van der Waals surface area contributed by atoms with Crippen LogP contribution in [-0.4, -0.2) is 31.7 Å². The molecule has 7 nitrogen and oxygen atoms in total. The van der Waals surface area contributed by atoms with Crippen LogP contribution >= 0.6 is 0 Å². The highest BCUT2D eigenvalue weighted by molar-refractivity contribution is 7.92. The van der Waals surface area contributed by atoms with Gasteiger partial charge in [0, 0.05) is 17.0 Å². The van der Waals surface area contributed by atoms with Gasteiger partial charge in [0.15, 0.2) is 0 Å². The Morgan fingerprint density at radius 3 is 2.24 bits per heavy atom. The number of aromatic nitrogens is 1. The minimum atomic E-state index is -4.02. The Morgan fingerprint density at radius 2 is 1.58 bits per heavy atom. The molecule has 0 fully saturated rings. The van der Waals surface area contributed by atoms with E-state index in [9.17, 15) is 17.6 Å². The molecule has 0 bridgehead atoms. The van der Waals surface area contributed by atoms with Gasteiger partial charge in [-0.15, -0.1) is 0 Å². The van der Waals surface area contributed by atoms with Crippen LogP contribution in [0.4, 0.5) is 10.1 Å². The van der Waals surface area contributed by atoms with Crippen LogP contribution in [0.3, 0.4) is 0 Å². The average molecular weight is 533 g/mol. The van der Waals surface area contributed by atoms with E-state index in [4.69, 9.17) is 0 Å². The lowest BCUT2D eigenvalue weighted by Crippen LogP contribution is -2.39. The summed E-state index contributed by atoms with van der Waals surface area (Å²) in [6, 6.07) is 21.7. The molecule has 1 aromatic heterocycles. The number of carbonyl (C=O) groups excluding carboxylic acids is 1. The lowest BCUT2D eigenvalue weighted by molar-refractivity contribution is -0.119. The number of hydrazone groups is 1. The first-order valence-corrected chi connectivity index (χ1v) is 13.4. The van der Waals surface area contributed by atoms with Crippen LogP contribution in [0, 0.1) is 33.5 Å². The first-order chi connectivity index (χ1) is 18.1. The zero-order valence-corrected chi connectivity index (χ0v) is 22.5. The molecule has 0 aliphatic heterocycles. The second-order valence-corrected chi connectivity index (χ2v) is 10.9. The number of rotatable bonds is 8. The Balaban J connectivity index is 1.58. The first-order valence-electron chi connectivity index (χ1n) is 12.0. The van der Waals surface area contributed by atoms with E-state index in [1.165, 1.54) is 24.4 Å². The Labute approximate surface area is 222 Å². The molecule has 0 radical (unpaired) electrons. The van der Waals surface area contributed by atoms with Crippen LogP contribution in [0.25, 0.3) is 5.69 Å². The summed E-state index contributed by atoms with van der Waals surface area (Å²) < 4.78 is 44.2. The van der Waals surface area contributed by atoms with E-state index in [1.54, 1.807) is 53.1 Å². The maximum absolute atomic E-state index is 14.4. The van der Waals surface area contributed by atoms with Crippen molar-refractivity contribution in [1.82, 2.24) is 9.99 Å². The van der Waals surface area contributed by atoms with Crippen LogP contribution in [0.15, 0.2) is 88.9 Å². The fourth-order valence-electron chi connectivity index (χ4n) is 4.39. The molecule has 1 heterocycles. The van der Waals surface area contributed by atoms with Crippen LogP contribution < -0.4 is 9.73 Å². The second kappa shape index (κ2) is 11.0. The Hall–Kier alpha value is -4.24. The van der Waals surface area contributed by atoms with E-state index < -0.39 is 22.5 Å². The minimum Gasteiger partial charge on any atom is -0.315 e. The van der Waals surface area contributed by atoms with E-state index in [2.05, 4.69) is 10.5 Å². The molecule has 0 saturated heterocycles. The van der Waals surface area contributed by atoms with Gasteiger partial charge in [0.2, 0.25) is 0 Å².